The van der Waals surface area contributed by atoms with Crippen molar-refractivity contribution in [2.45, 2.75) is 32.0 Å². The summed E-state index contributed by atoms with van der Waals surface area (Å²) < 4.78 is 33.2. The summed E-state index contributed by atoms with van der Waals surface area (Å²) >= 11 is 12.0. The largest absolute Gasteiger partial charge is 0.388 e. The van der Waals surface area contributed by atoms with E-state index in [0.29, 0.717) is 44.5 Å². The second-order valence-electron chi connectivity index (χ2n) is 10.1. The van der Waals surface area contributed by atoms with Gasteiger partial charge in [0.05, 0.1) is 41.6 Å². The van der Waals surface area contributed by atoms with Crippen LogP contribution in [-0.4, -0.2) is 31.4 Å². The summed E-state index contributed by atoms with van der Waals surface area (Å²) in [5, 5.41) is 10.3. The molecule has 2 aromatic carbocycles. The highest BCUT2D eigenvalue weighted by molar-refractivity contribution is 6.31. The van der Waals surface area contributed by atoms with Crippen molar-refractivity contribution in [3.8, 4) is 22.5 Å². The normalized spacial score (nSPS) is 19.3. The number of carbonyl (C=O) groups excluding carboxylic acids is 1. The van der Waals surface area contributed by atoms with Crippen molar-refractivity contribution in [1.29, 1.82) is 0 Å². The van der Waals surface area contributed by atoms with Gasteiger partial charge in [-0.1, -0.05) is 30.1 Å². The van der Waals surface area contributed by atoms with Crippen LogP contribution in [0, 0.1) is 11.7 Å². The lowest BCUT2D eigenvalue weighted by Gasteiger charge is -2.24. The van der Waals surface area contributed by atoms with Gasteiger partial charge in [0.15, 0.2) is 0 Å². The number of benzene rings is 2. The Kier molecular flexibility index (Phi) is 8.33. The number of aromatic nitrogens is 4. The lowest BCUT2D eigenvalue weighted by atomic mass is 9.93. The summed E-state index contributed by atoms with van der Waals surface area (Å²) in [5.41, 5.74) is 8.10. The number of anilines is 2. The number of carbonyl (C=O) groups is 1. The summed E-state index contributed by atoms with van der Waals surface area (Å²) in [6.45, 7) is 1.50. The predicted molar refractivity (Wildman–Crippen MR) is 159 cm³/mol. The monoisotopic (exact) mass is 613 g/mol. The molecule has 2 aromatic heterocycles. The Labute approximate surface area is 250 Å². The number of aryl methyl sites for hydroxylation is 1. The molecule has 1 aliphatic heterocycles. The topological polar surface area (TPSA) is 120 Å². The second kappa shape index (κ2) is 11.9. The first-order valence-electron chi connectivity index (χ1n) is 13.1. The summed E-state index contributed by atoms with van der Waals surface area (Å²) in [5.74, 6) is -2.06. The Bertz CT molecular complexity index is 1750. The maximum atomic E-state index is 15.3. The van der Waals surface area contributed by atoms with E-state index in [1.807, 2.05) is 0 Å². The summed E-state index contributed by atoms with van der Waals surface area (Å²) in [6, 6.07) is 9.86. The molecule has 5 rings (SSSR count). The zero-order chi connectivity index (χ0) is 30.1. The van der Waals surface area contributed by atoms with Crippen LogP contribution in [-0.2, 0) is 11.8 Å². The van der Waals surface area contributed by atoms with Gasteiger partial charge in [0, 0.05) is 41.2 Å². The molecule has 2 bridgehead atoms. The van der Waals surface area contributed by atoms with Crippen molar-refractivity contribution in [1.82, 2.24) is 19.3 Å². The van der Waals surface area contributed by atoms with Gasteiger partial charge < -0.3 is 16.4 Å². The summed E-state index contributed by atoms with van der Waals surface area (Å²) in [4.78, 5) is 31.0. The van der Waals surface area contributed by atoms with Gasteiger partial charge in [0.2, 0.25) is 5.91 Å². The third kappa shape index (κ3) is 6.02. The van der Waals surface area contributed by atoms with E-state index in [1.54, 1.807) is 31.3 Å². The molecular weight excluding hydrogens is 587 g/mol. The first-order valence-corrected chi connectivity index (χ1v) is 13.8. The predicted octanol–water partition coefficient (Wildman–Crippen LogP) is 5.81. The standard InChI is InChI=1S/C29H27Cl2F2N7O2/c1-15-21(33)4-6-25(16-7-17(9-19(32)8-16)28-24(38-29(15)42)12-37-39(28)2)40-14-36-23(11-27(40)41)20-10-18(30)3-5-22(20)35-13-26(31)34/h3,5,7-15,21,25,35H,4,6,34H2,1-2H3,(H,38,42)/b26-13-. The van der Waals surface area contributed by atoms with E-state index in [-0.39, 0.29) is 18.0 Å². The number of hydrogen-bond donors (Lipinski definition) is 3. The quantitative estimate of drug-likeness (QED) is 0.250. The minimum atomic E-state index is -1.52. The van der Waals surface area contributed by atoms with Gasteiger partial charge in [-0.15, -0.1) is 0 Å². The minimum Gasteiger partial charge on any atom is -0.388 e. The van der Waals surface area contributed by atoms with E-state index < -0.39 is 35.4 Å². The molecule has 9 nitrogen and oxygen atoms in total. The molecule has 0 saturated heterocycles. The van der Waals surface area contributed by atoms with Crippen molar-refractivity contribution in [3.05, 3.63) is 93.1 Å². The van der Waals surface area contributed by atoms with E-state index in [4.69, 9.17) is 28.9 Å². The number of amides is 1. The average Bonchev–Trinajstić information content (AvgIpc) is 3.31. The van der Waals surface area contributed by atoms with E-state index >= 15 is 8.78 Å². The molecule has 0 saturated carbocycles. The zero-order valence-corrected chi connectivity index (χ0v) is 24.1. The fourth-order valence-corrected chi connectivity index (χ4v) is 5.28. The number of nitrogens with two attached hydrogens (primary N) is 1. The smallest absolute Gasteiger partial charge is 0.254 e. The SMILES string of the molecule is CC1C(=O)Nc2cnn(C)c2-c2cc(F)cc(c2)C(n2cnc(-c3cc(Cl)ccc3N/C=C(\N)Cl)cc2=O)CCC1F. The van der Waals surface area contributed by atoms with Crippen molar-refractivity contribution in [3.63, 3.8) is 0 Å². The third-order valence-corrected chi connectivity index (χ3v) is 7.59. The molecule has 1 amide bonds. The Morgan fingerprint density at radius 2 is 1.98 bits per heavy atom. The fourth-order valence-electron chi connectivity index (χ4n) is 5.05. The zero-order valence-electron chi connectivity index (χ0n) is 22.6. The molecule has 0 fully saturated rings. The van der Waals surface area contributed by atoms with Gasteiger partial charge >= 0.3 is 0 Å². The molecule has 218 valence electrons. The summed E-state index contributed by atoms with van der Waals surface area (Å²) in [6.07, 6.45) is 2.67. The number of nitrogens with zero attached hydrogens (tertiary/aromatic N) is 4. The van der Waals surface area contributed by atoms with Crippen LogP contribution in [0.15, 0.2) is 71.1 Å². The van der Waals surface area contributed by atoms with Crippen molar-refractivity contribution in [2.75, 3.05) is 10.6 Å². The molecule has 0 spiro atoms. The Morgan fingerprint density at radius 3 is 2.71 bits per heavy atom. The van der Waals surface area contributed by atoms with Gasteiger partial charge in [-0.05, 0) is 54.8 Å². The average molecular weight is 614 g/mol. The maximum absolute atomic E-state index is 15.3. The number of nitrogens with one attached hydrogen (secondary N) is 2. The van der Waals surface area contributed by atoms with Crippen LogP contribution in [0.1, 0.15) is 31.4 Å². The van der Waals surface area contributed by atoms with Crippen molar-refractivity contribution >= 4 is 40.5 Å². The molecule has 0 radical (unpaired) electrons. The molecule has 13 heteroatoms. The summed E-state index contributed by atoms with van der Waals surface area (Å²) in [7, 11) is 1.66. The molecule has 42 heavy (non-hydrogen) atoms. The number of halogens is 4. The van der Waals surface area contributed by atoms with Gasteiger partial charge in [0.25, 0.3) is 5.56 Å². The number of hydrogen-bond acceptors (Lipinski definition) is 6. The lowest BCUT2D eigenvalue weighted by Crippen LogP contribution is -2.30. The van der Waals surface area contributed by atoms with Crippen LogP contribution in [0.5, 0.6) is 0 Å². The molecule has 0 aliphatic carbocycles. The van der Waals surface area contributed by atoms with Crippen LogP contribution < -0.4 is 21.9 Å². The van der Waals surface area contributed by atoms with Crippen LogP contribution in [0.3, 0.4) is 0 Å². The highest BCUT2D eigenvalue weighted by atomic mass is 35.5. The molecule has 3 atom stereocenters. The van der Waals surface area contributed by atoms with Crippen molar-refractivity contribution < 1.29 is 13.6 Å². The molecule has 3 unspecified atom stereocenters. The molecule has 4 N–H and O–H groups in total. The number of alkyl halides is 1. The van der Waals surface area contributed by atoms with Gasteiger partial charge in [0.1, 0.15) is 17.1 Å². The van der Waals surface area contributed by atoms with Crippen LogP contribution in [0.4, 0.5) is 20.2 Å². The maximum Gasteiger partial charge on any atom is 0.254 e. The molecule has 3 heterocycles. The van der Waals surface area contributed by atoms with Crippen LogP contribution >= 0.6 is 23.2 Å². The first kappa shape index (κ1) is 29.3. The first-order chi connectivity index (χ1) is 20.0. The van der Waals surface area contributed by atoms with Gasteiger partial charge in [-0.25, -0.2) is 13.8 Å². The highest BCUT2D eigenvalue weighted by Gasteiger charge is 2.29. The van der Waals surface area contributed by atoms with E-state index in [9.17, 15) is 9.59 Å². The number of fused-ring (bicyclic) bond motifs is 4. The third-order valence-electron chi connectivity index (χ3n) is 7.24. The minimum absolute atomic E-state index is 0.0208. The van der Waals surface area contributed by atoms with E-state index in [1.165, 1.54) is 53.1 Å². The van der Waals surface area contributed by atoms with Crippen LogP contribution in [0.2, 0.25) is 5.02 Å². The molecular formula is C29H27Cl2F2N7O2. The highest BCUT2D eigenvalue weighted by Crippen LogP contribution is 2.35. The Balaban J connectivity index is 1.63. The van der Waals surface area contributed by atoms with Gasteiger partial charge in [-0.2, -0.15) is 5.10 Å². The Morgan fingerprint density at radius 1 is 1.19 bits per heavy atom. The second-order valence-corrected chi connectivity index (χ2v) is 10.9. The fraction of sp³-hybridized carbons (Fsp3) is 0.241. The molecule has 1 aliphatic rings. The van der Waals surface area contributed by atoms with E-state index in [2.05, 4.69) is 20.7 Å². The van der Waals surface area contributed by atoms with Gasteiger partial charge in [-0.3, -0.25) is 18.8 Å². The van der Waals surface area contributed by atoms with Crippen LogP contribution in [0.25, 0.3) is 22.5 Å². The van der Waals surface area contributed by atoms with Crippen molar-refractivity contribution in [2.24, 2.45) is 18.7 Å². The Hall–Kier alpha value is -4.22. The van der Waals surface area contributed by atoms with E-state index in [0.717, 1.165) is 0 Å². The molecule has 4 aromatic rings. The lowest BCUT2D eigenvalue weighted by molar-refractivity contribution is -0.121. The number of rotatable bonds is 4.